The van der Waals surface area contributed by atoms with Crippen LogP contribution < -0.4 is 5.73 Å². The average molecular weight is 322 g/mol. The number of nitrogens with two attached hydrogens (primary N) is 1. The van der Waals surface area contributed by atoms with Crippen molar-refractivity contribution in [2.75, 3.05) is 12.3 Å². The molecule has 2 aliphatic rings. The molecule has 0 radical (unpaired) electrons. The molecule has 0 unspecified atom stereocenters. The molecular formula is C14H16ClN5O2. The van der Waals surface area contributed by atoms with Gasteiger partial charge in [0.2, 0.25) is 5.28 Å². The van der Waals surface area contributed by atoms with E-state index in [1.807, 2.05) is 4.57 Å². The van der Waals surface area contributed by atoms with Crippen LogP contribution in [0.25, 0.3) is 11.2 Å². The summed E-state index contributed by atoms with van der Waals surface area (Å²) in [5, 5.41) is 9.67. The Kier molecular flexibility index (Phi) is 3.28. The summed E-state index contributed by atoms with van der Waals surface area (Å²) in [5.41, 5.74) is 6.93. The lowest BCUT2D eigenvalue weighted by Crippen LogP contribution is -2.25. The molecule has 22 heavy (non-hydrogen) atoms. The fraction of sp³-hybridized carbons (Fsp3) is 0.500. The maximum atomic E-state index is 9.58. The van der Waals surface area contributed by atoms with Crippen LogP contribution in [0.15, 0.2) is 18.5 Å². The molecule has 0 bridgehead atoms. The minimum atomic E-state index is -0.234. The normalized spacial score (nSPS) is 30.8. The van der Waals surface area contributed by atoms with E-state index in [4.69, 9.17) is 22.1 Å². The highest BCUT2D eigenvalue weighted by atomic mass is 35.5. The lowest BCUT2D eigenvalue weighted by molar-refractivity contribution is -0.0349. The van der Waals surface area contributed by atoms with Gasteiger partial charge in [-0.05, 0) is 30.4 Å². The number of fused-ring (bicyclic) bond motifs is 2. The predicted molar refractivity (Wildman–Crippen MR) is 81.1 cm³/mol. The van der Waals surface area contributed by atoms with Gasteiger partial charge in [0.1, 0.15) is 11.7 Å². The Bertz CT molecular complexity index is 746. The minimum absolute atomic E-state index is 0.00994. The topological polar surface area (TPSA) is 99.1 Å². The van der Waals surface area contributed by atoms with E-state index in [0.717, 1.165) is 12.8 Å². The molecule has 1 aliphatic carbocycles. The fourth-order valence-corrected chi connectivity index (χ4v) is 3.71. The molecule has 4 atom stereocenters. The van der Waals surface area contributed by atoms with Crippen molar-refractivity contribution in [2.45, 2.75) is 25.2 Å². The van der Waals surface area contributed by atoms with Crippen molar-refractivity contribution < 1.29 is 9.84 Å². The summed E-state index contributed by atoms with van der Waals surface area (Å²) in [7, 11) is 0. The smallest absolute Gasteiger partial charge is 0.226 e. The number of hydrogen-bond donors (Lipinski definition) is 2. The number of nitrogens with zero attached hydrogens (tertiary/aromatic N) is 4. The summed E-state index contributed by atoms with van der Waals surface area (Å²) in [5.74, 6) is 0.826. The Morgan fingerprint density at radius 1 is 1.32 bits per heavy atom. The molecule has 2 aromatic rings. The maximum Gasteiger partial charge on any atom is 0.226 e. The van der Waals surface area contributed by atoms with Gasteiger partial charge in [0, 0.05) is 5.92 Å². The van der Waals surface area contributed by atoms with Gasteiger partial charge in [0.15, 0.2) is 11.5 Å². The van der Waals surface area contributed by atoms with Gasteiger partial charge >= 0.3 is 0 Å². The first-order valence-corrected chi connectivity index (χ1v) is 7.63. The molecular weight excluding hydrogens is 306 g/mol. The summed E-state index contributed by atoms with van der Waals surface area (Å²) >= 11 is 5.92. The molecule has 3 heterocycles. The van der Waals surface area contributed by atoms with E-state index in [1.165, 1.54) is 0 Å². The molecule has 1 fully saturated rings. The van der Waals surface area contributed by atoms with E-state index in [-0.39, 0.29) is 36.0 Å². The van der Waals surface area contributed by atoms with Crippen molar-refractivity contribution >= 4 is 28.6 Å². The Morgan fingerprint density at radius 2 is 2.09 bits per heavy atom. The number of imidazole rings is 1. The largest absolute Gasteiger partial charge is 0.394 e. The molecule has 1 aliphatic heterocycles. The second-order valence-corrected chi connectivity index (χ2v) is 6.06. The molecule has 2 aromatic heterocycles. The predicted octanol–water partition coefficient (Wildman–Crippen LogP) is 1.53. The van der Waals surface area contributed by atoms with Crippen LogP contribution in [0.1, 0.15) is 19.1 Å². The highest BCUT2D eigenvalue weighted by molar-refractivity contribution is 6.28. The first-order valence-electron chi connectivity index (χ1n) is 7.26. The second-order valence-electron chi connectivity index (χ2n) is 5.72. The summed E-state index contributed by atoms with van der Waals surface area (Å²) in [6, 6.07) is 0. The van der Waals surface area contributed by atoms with Gasteiger partial charge < -0.3 is 15.6 Å². The number of ether oxygens (including phenoxy) is 1. The number of aromatic nitrogens is 4. The molecule has 3 N–H and O–H groups in total. The zero-order valence-electron chi connectivity index (χ0n) is 11.8. The van der Waals surface area contributed by atoms with E-state index in [2.05, 4.69) is 27.1 Å². The SMILES string of the molecule is Nc1nc(Cl)nc2c1ncn2[C@@H]1O[C@H](CO)[C@H]2CC=CC[C@H]21. The third kappa shape index (κ3) is 2.00. The number of hydrogen-bond acceptors (Lipinski definition) is 6. The zero-order chi connectivity index (χ0) is 15.3. The number of aliphatic hydroxyl groups is 1. The van der Waals surface area contributed by atoms with Crippen molar-refractivity contribution in [1.82, 2.24) is 19.5 Å². The Morgan fingerprint density at radius 3 is 2.86 bits per heavy atom. The second kappa shape index (κ2) is 5.19. The first kappa shape index (κ1) is 13.9. The van der Waals surface area contributed by atoms with Crippen LogP contribution >= 0.6 is 11.6 Å². The summed E-state index contributed by atoms with van der Waals surface area (Å²) < 4.78 is 7.93. The van der Waals surface area contributed by atoms with Gasteiger partial charge in [-0.1, -0.05) is 12.2 Å². The van der Waals surface area contributed by atoms with Crippen molar-refractivity contribution in [3.05, 3.63) is 23.8 Å². The van der Waals surface area contributed by atoms with Crippen LogP contribution in [0, 0.1) is 11.8 Å². The van der Waals surface area contributed by atoms with E-state index in [0.29, 0.717) is 17.1 Å². The minimum Gasteiger partial charge on any atom is -0.394 e. The van der Waals surface area contributed by atoms with Gasteiger partial charge in [-0.3, -0.25) is 4.57 Å². The number of allylic oxidation sites excluding steroid dienone is 2. The summed E-state index contributed by atoms with van der Waals surface area (Å²) in [6.07, 6.45) is 7.38. The third-order valence-electron chi connectivity index (χ3n) is 4.57. The van der Waals surface area contributed by atoms with Crippen LogP contribution in [-0.4, -0.2) is 37.3 Å². The number of halogens is 1. The molecule has 0 amide bonds. The molecule has 0 saturated carbocycles. The van der Waals surface area contributed by atoms with Crippen LogP contribution in [-0.2, 0) is 4.74 Å². The monoisotopic (exact) mass is 321 g/mol. The molecule has 0 aromatic carbocycles. The fourth-order valence-electron chi connectivity index (χ4n) is 3.54. The van der Waals surface area contributed by atoms with Gasteiger partial charge in [-0.15, -0.1) is 0 Å². The van der Waals surface area contributed by atoms with E-state index >= 15 is 0 Å². The van der Waals surface area contributed by atoms with E-state index in [9.17, 15) is 5.11 Å². The molecule has 1 saturated heterocycles. The van der Waals surface area contributed by atoms with Crippen LogP contribution in [0.3, 0.4) is 0 Å². The molecule has 116 valence electrons. The first-order chi connectivity index (χ1) is 10.7. The Hall–Kier alpha value is -1.70. The van der Waals surface area contributed by atoms with Gasteiger partial charge in [-0.25, -0.2) is 4.98 Å². The number of aliphatic hydroxyl groups excluding tert-OH is 1. The van der Waals surface area contributed by atoms with Crippen molar-refractivity contribution in [3.8, 4) is 0 Å². The van der Waals surface area contributed by atoms with Crippen molar-refractivity contribution in [2.24, 2.45) is 11.8 Å². The van der Waals surface area contributed by atoms with Crippen molar-refractivity contribution in [3.63, 3.8) is 0 Å². The lowest BCUT2D eigenvalue weighted by Gasteiger charge is -2.25. The van der Waals surface area contributed by atoms with Gasteiger partial charge in [0.25, 0.3) is 0 Å². The highest BCUT2D eigenvalue weighted by Crippen LogP contribution is 2.46. The number of nitrogen functional groups attached to an aromatic ring is 1. The lowest BCUT2D eigenvalue weighted by atomic mass is 9.81. The molecule has 7 nitrogen and oxygen atoms in total. The van der Waals surface area contributed by atoms with Gasteiger partial charge in [0.05, 0.1) is 19.0 Å². The molecule has 4 rings (SSSR count). The number of rotatable bonds is 2. The standard InChI is InChI=1S/C14H16ClN5O2/c15-14-18-11(16)10-12(19-14)20(6-17-10)13-8-4-2-1-3-7(8)9(5-21)22-13/h1-2,6-9,13,21H,3-5H2,(H2,16,18,19)/t7-,8+,9+,13+/m0/s1. The summed E-state index contributed by atoms with van der Waals surface area (Å²) in [4.78, 5) is 12.4. The quantitative estimate of drug-likeness (QED) is 0.643. The number of anilines is 1. The van der Waals surface area contributed by atoms with Crippen molar-refractivity contribution in [1.29, 1.82) is 0 Å². The zero-order valence-corrected chi connectivity index (χ0v) is 12.5. The molecule has 8 heteroatoms. The summed E-state index contributed by atoms with van der Waals surface area (Å²) in [6.45, 7) is 0.00994. The molecule has 0 spiro atoms. The highest BCUT2D eigenvalue weighted by Gasteiger charge is 2.45. The third-order valence-corrected chi connectivity index (χ3v) is 4.74. The van der Waals surface area contributed by atoms with Gasteiger partial charge in [-0.2, -0.15) is 9.97 Å². The van der Waals surface area contributed by atoms with E-state index < -0.39 is 0 Å². The Labute approximate surface area is 131 Å². The van der Waals surface area contributed by atoms with Crippen LogP contribution in [0.4, 0.5) is 5.82 Å². The maximum absolute atomic E-state index is 9.58. The van der Waals surface area contributed by atoms with E-state index in [1.54, 1.807) is 6.33 Å². The average Bonchev–Trinajstić information content (AvgIpc) is 3.08. The van der Waals surface area contributed by atoms with Crippen LogP contribution in [0.5, 0.6) is 0 Å². The van der Waals surface area contributed by atoms with Crippen LogP contribution in [0.2, 0.25) is 5.28 Å². The Balaban J connectivity index is 1.80.